The summed E-state index contributed by atoms with van der Waals surface area (Å²) in [7, 11) is 0. The molecule has 1 saturated heterocycles. The number of aromatic amines is 1. The Hall–Kier alpha value is -0.790. The van der Waals surface area contributed by atoms with Crippen LogP contribution in [0.15, 0.2) is 17.3 Å². The zero-order valence-corrected chi connectivity index (χ0v) is 16.4. The Kier molecular flexibility index (Phi) is 8.20. The molecule has 0 bridgehead atoms. The largest absolute Gasteiger partial charge is 0.357 e. The van der Waals surface area contributed by atoms with E-state index in [0.29, 0.717) is 12.0 Å². The fourth-order valence-electron chi connectivity index (χ4n) is 3.26. The molecule has 6 heteroatoms. The Bertz CT molecular complexity index is 441. The molecule has 1 unspecified atom stereocenters. The maximum absolute atomic E-state index is 4.77. The summed E-state index contributed by atoms with van der Waals surface area (Å²) in [5.41, 5.74) is 1.48. The van der Waals surface area contributed by atoms with Crippen LogP contribution in [-0.4, -0.2) is 40.7 Å². The summed E-state index contributed by atoms with van der Waals surface area (Å²) in [6, 6.07) is 1.98. The van der Waals surface area contributed by atoms with Crippen molar-refractivity contribution in [1.29, 1.82) is 0 Å². The molecule has 1 aliphatic rings. The third kappa shape index (κ3) is 5.44. The van der Waals surface area contributed by atoms with Gasteiger partial charge in [0.05, 0.1) is 12.2 Å². The minimum absolute atomic E-state index is 0. The fourth-order valence-corrected chi connectivity index (χ4v) is 3.26. The zero-order valence-electron chi connectivity index (χ0n) is 14.1. The second-order valence-electron chi connectivity index (χ2n) is 6.34. The summed E-state index contributed by atoms with van der Waals surface area (Å²) in [6.45, 7) is 10.6. The highest BCUT2D eigenvalue weighted by Gasteiger charge is 2.31. The summed E-state index contributed by atoms with van der Waals surface area (Å²) in [5.74, 6) is 1.04. The van der Waals surface area contributed by atoms with Gasteiger partial charge in [-0.1, -0.05) is 20.3 Å². The van der Waals surface area contributed by atoms with Crippen molar-refractivity contribution in [2.24, 2.45) is 10.4 Å². The first-order chi connectivity index (χ1) is 10.2. The number of guanidine groups is 1. The molecule has 2 heterocycles. The fraction of sp³-hybridized carbons (Fsp3) is 0.750. The van der Waals surface area contributed by atoms with E-state index in [1.54, 1.807) is 6.20 Å². The van der Waals surface area contributed by atoms with Gasteiger partial charge in [-0.15, -0.1) is 24.0 Å². The molecular weight excluding hydrogens is 389 g/mol. The number of likely N-dealkylation sites (tertiary alicyclic amines) is 1. The number of rotatable bonds is 5. The van der Waals surface area contributed by atoms with E-state index in [2.05, 4.69) is 41.2 Å². The van der Waals surface area contributed by atoms with Crippen LogP contribution >= 0.6 is 24.0 Å². The van der Waals surface area contributed by atoms with Crippen molar-refractivity contribution in [2.75, 3.05) is 19.6 Å². The van der Waals surface area contributed by atoms with Gasteiger partial charge in [-0.3, -0.25) is 5.10 Å². The van der Waals surface area contributed by atoms with E-state index in [0.717, 1.165) is 31.3 Å². The normalized spacial score (nSPS) is 22.3. The van der Waals surface area contributed by atoms with Gasteiger partial charge < -0.3 is 10.2 Å². The molecule has 0 radical (unpaired) electrons. The average molecular weight is 419 g/mol. The predicted octanol–water partition coefficient (Wildman–Crippen LogP) is 3.40. The predicted molar refractivity (Wildman–Crippen MR) is 103 cm³/mol. The summed E-state index contributed by atoms with van der Waals surface area (Å²) >= 11 is 0. The Morgan fingerprint density at radius 1 is 1.50 bits per heavy atom. The quantitative estimate of drug-likeness (QED) is 0.437. The van der Waals surface area contributed by atoms with Crippen molar-refractivity contribution in [1.82, 2.24) is 20.4 Å². The van der Waals surface area contributed by atoms with Gasteiger partial charge in [0.2, 0.25) is 0 Å². The van der Waals surface area contributed by atoms with E-state index in [1.807, 2.05) is 6.07 Å². The molecule has 126 valence electrons. The molecule has 1 fully saturated rings. The van der Waals surface area contributed by atoms with Crippen molar-refractivity contribution in [3.8, 4) is 0 Å². The van der Waals surface area contributed by atoms with Crippen molar-refractivity contribution in [2.45, 2.75) is 53.0 Å². The number of H-pyrrole nitrogens is 1. The molecule has 22 heavy (non-hydrogen) atoms. The molecule has 0 aliphatic carbocycles. The number of hydrogen-bond donors (Lipinski definition) is 2. The molecule has 2 N–H and O–H groups in total. The molecule has 0 amide bonds. The van der Waals surface area contributed by atoms with E-state index in [-0.39, 0.29) is 24.0 Å². The minimum atomic E-state index is 0. The van der Waals surface area contributed by atoms with Crippen LogP contribution in [0.4, 0.5) is 0 Å². The van der Waals surface area contributed by atoms with Crippen LogP contribution in [0, 0.1) is 5.41 Å². The first kappa shape index (κ1) is 19.3. The number of piperidine rings is 1. The van der Waals surface area contributed by atoms with E-state index < -0.39 is 0 Å². The lowest BCUT2D eigenvalue weighted by molar-refractivity contribution is 0.142. The molecule has 0 aromatic carbocycles. The SMILES string of the molecule is CCCC1(C)CCCN(C(=NCc2ccn[nH]2)NCC)C1.I. The van der Waals surface area contributed by atoms with Crippen LogP contribution in [0.25, 0.3) is 0 Å². The molecule has 1 atom stereocenters. The lowest BCUT2D eigenvalue weighted by Crippen LogP contribution is -2.49. The van der Waals surface area contributed by atoms with Crippen molar-refractivity contribution in [3.63, 3.8) is 0 Å². The molecular formula is C16H30IN5. The van der Waals surface area contributed by atoms with Crippen LogP contribution in [0.2, 0.25) is 0 Å². The lowest BCUT2D eigenvalue weighted by atomic mass is 9.78. The molecule has 5 nitrogen and oxygen atoms in total. The summed E-state index contributed by atoms with van der Waals surface area (Å²) in [5, 5.41) is 10.4. The van der Waals surface area contributed by atoms with Crippen molar-refractivity contribution in [3.05, 3.63) is 18.0 Å². The summed E-state index contributed by atoms with van der Waals surface area (Å²) < 4.78 is 0. The Morgan fingerprint density at radius 3 is 2.95 bits per heavy atom. The molecule has 1 aliphatic heterocycles. The molecule has 0 spiro atoms. The van der Waals surface area contributed by atoms with Crippen LogP contribution < -0.4 is 5.32 Å². The Morgan fingerprint density at radius 2 is 2.32 bits per heavy atom. The highest BCUT2D eigenvalue weighted by Crippen LogP contribution is 2.33. The zero-order chi connectivity index (χ0) is 15.1. The molecule has 2 rings (SSSR count). The highest BCUT2D eigenvalue weighted by molar-refractivity contribution is 14.0. The number of hydrogen-bond acceptors (Lipinski definition) is 2. The molecule has 1 aromatic heterocycles. The summed E-state index contributed by atoms with van der Waals surface area (Å²) in [6.07, 6.45) is 6.91. The van der Waals surface area contributed by atoms with Gasteiger partial charge in [0, 0.05) is 25.8 Å². The van der Waals surface area contributed by atoms with Crippen molar-refractivity contribution < 1.29 is 0 Å². The maximum Gasteiger partial charge on any atom is 0.194 e. The number of aliphatic imine (C=N–C) groups is 1. The van der Waals surface area contributed by atoms with Crippen LogP contribution in [0.1, 0.15) is 52.1 Å². The van der Waals surface area contributed by atoms with Crippen LogP contribution in [-0.2, 0) is 6.54 Å². The van der Waals surface area contributed by atoms with Crippen molar-refractivity contribution >= 4 is 29.9 Å². The van der Waals surface area contributed by atoms with Gasteiger partial charge in [0.25, 0.3) is 0 Å². The number of nitrogens with zero attached hydrogens (tertiary/aromatic N) is 3. The first-order valence-corrected chi connectivity index (χ1v) is 8.18. The third-order valence-electron chi connectivity index (χ3n) is 4.23. The monoisotopic (exact) mass is 419 g/mol. The van der Waals surface area contributed by atoms with Gasteiger partial charge in [0.1, 0.15) is 0 Å². The Labute approximate surface area is 151 Å². The van der Waals surface area contributed by atoms with Gasteiger partial charge in [-0.2, -0.15) is 5.10 Å². The first-order valence-electron chi connectivity index (χ1n) is 8.18. The van der Waals surface area contributed by atoms with E-state index in [9.17, 15) is 0 Å². The van der Waals surface area contributed by atoms with Crippen LogP contribution in [0.3, 0.4) is 0 Å². The van der Waals surface area contributed by atoms with E-state index in [4.69, 9.17) is 4.99 Å². The number of halogens is 1. The average Bonchev–Trinajstić information content (AvgIpc) is 2.96. The lowest BCUT2D eigenvalue weighted by Gasteiger charge is -2.42. The molecule has 1 aromatic rings. The second-order valence-corrected chi connectivity index (χ2v) is 6.34. The minimum Gasteiger partial charge on any atom is -0.357 e. The smallest absolute Gasteiger partial charge is 0.194 e. The second kappa shape index (κ2) is 9.37. The number of aromatic nitrogens is 2. The van der Waals surface area contributed by atoms with Crippen LogP contribution in [0.5, 0.6) is 0 Å². The Balaban J connectivity index is 0.00000242. The standard InChI is InChI=1S/C16H29N5.HI/c1-4-8-16(3)9-6-11-21(13-16)15(17-5-2)18-12-14-7-10-19-20-14;/h7,10H,4-6,8-9,11-13H2,1-3H3,(H,17,18)(H,19,20);1H. The van der Waals surface area contributed by atoms with E-state index >= 15 is 0 Å². The highest BCUT2D eigenvalue weighted by atomic mass is 127. The maximum atomic E-state index is 4.77. The van der Waals surface area contributed by atoms with Gasteiger partial charge >= 0.3 is 0 Å². The van der Waals surface area contributed by atoms with Gasteiger partial charge in [-0.05, 0) is 37.7 Å². The van der Waals surface area contributed by atoms with Gasteiger partial charge in [-0.25, -0.2) is 4.99 Å². The summed E-state index contributed by atoms with van der Waals surface area (Å²) in [4.78, 5) is 7.20. The van der Waals surface area contributed by atoms with Gasteiger partial charge in [0.15, 0.2) is 5.96 Å². The number of nitrogens with one attached hydrogen (secondary N) is 2. The third-order valence-corrected chi connectivity index (χ3v) is 4.23. The topological polar surface area (TPSA) is 56.3 Å². The molecule has 0 saturated carbocycles. The van der Waals surface area contributed by atoms with E-state index in [1.165, 1.54) is 25.7 Å².